The van der Waals surface area contributed by atoms with Gasteiger partial charge in [0.2, 0.25) is 0 Å². The molecule has 1 aromatic rings. The van der Waals surface area contributed by atoms with Crippen LogP contribution in [-0.4, -0.2) is 23.1 Å². The largest absolute Gasteiger partial charge is 0.371 e. The molecule has 108 valence electrons. The van der Waals surface area contributed by atoms with Crippen molar-refractivity contribution < 1.29 is 4.74 Å². The number of methoxy groups -OCH3 is 1. The van der Waals surface area contributed by atoms with Gasteiger partial charge in [0, 0.05) is 36.6 Å². The number of aromatic nitrogens is 2. The van der Waals surface area contributed by atoms with E-state index in [2.05, 4.69) is 36.1 Å². The number of nitrogens with zero attached hydrogens (tertiary/aromatic N) is 2. The van der Waals surface area contributed by atoms with Gasteiger partial charge in [0.1, 0.15) is 5.60 Å². The smallest absolute Gasteiger partial charge is 0.160 e. The van der Waals surface area contributed by atoms with Crippen LogP contribution in [0.4, 0.5) is 0 Å². The van der Waals surface area contributed by atoms with Gasteiger partial charge in [-0.2, -0.15) is 0 Å². The van der Waals surface area contributed by atoms with Crippen LogP contribution in [0.25, 0.3) is 0 Å². The zero-order chi connectivity index (χ0) is 14.6. The normalized spacial score (nSPS) is 14.7. The van der Waals surface area contributed by atoms with Crippen molar-refractivity contribution in [2.24, 2.45) is 0 Å². The molecule has 1 heterocycles. The number of hydrogen-bond acceptors (Lipinski definition) is 4. The molecule has 0 bridgehead atoms. The highest BCUT2D eigenvalue weighted by Gasteiger charge is 2.28. The van der Waals surface area contributed by atoms with E-state index in [1.54, 1.807) is 7.11 Å². The Bertz CT molecular complexity index is 402. The molecule has 1 atom stereocenters. The van der Waals surface area contributed by atoms with Crippen molar-refractivity contribution in [1.29, 1.82) is 0 Å². The van der Waals surface area contributed by atoms with Gasteiger partial charge in [0.25, 0.3) is 0 Å². The van der Waals surface area contributed by atoms with Crippen LogP contribution < -0.4 is 5.32 Å². The summed E-state index contributed by atoms with van der Waals surface area (Å²) in [4.78, 5) is 9.30. The van der Waals surface area contributed by atoms with Gasteiger partial charge in [0.05, 0.1) is 0 Å². The Morgan fingerprint density at radius 3 is 2.11 bits per heavy atom. The predicted octanol–water partition coefficient (Wildman–Crippen LogP) is 2.86. The second kappa shape index (κ2) is 6.44. The van der Waals surface area contributed by atoms with Gasteiger partial charge in [-0.15, -0.1) is 0 Å². The Morgan fingerprint density at radius 2 is 1.74 bits per heavy atom. The Kier molecular flexibility index (Phi) is 5.44. The average molecular weight is 265 g/mol. The average Bonchev–Trinajstić information content (AvgIpc) is 2.36. The summed E-state index contributed by atoms with van der Waals surface area (Å²) in [6.45, 7) is 13.3. The molecule has 4 nitrogen and oxygen atoms in total. The Balaban J connectivity index is 3.09. The topological polar surface area (TPSA) is 47.0 Å². The Labute approximate surface area is 117 Å². The van der Waals surface area contributed by atoms with Crippen LogP contribution in [0, 0.1) is 13.8 Å². The van der Waals surface area contributed by atoms with Gasteiger partial charge in [-0.1, -0.05) is 20.8 Å². The van der Waals surface area contributed by atoms with Crippen LogP contribution in [0.1, 0.15) is 56.9 Å². The number of nitrogens with one attached hydrogen (secondary N) is 1. The minimum atomic E-state index is -0.403. The second-order valence-corrected chi connectivity index (χ2v) is 5.52. The molecule has 0 aliphatic heterocycles. The maximum absolute atomic E-state index is 5.58. The van der Waals surface area contributed by atoms with Crippen molar-refractivity contribution >= 4 is 0 Å². The number of rotatable bonds is 6. The lowest BCUT2D eigenvalue weighted by Crippen LogP contribution is -2.29. The highest BCUT2D eigenvalue weighted by molar-refractivity contribution is 5.25. The zero-order valence-electron chi connectivity index (χ0n) is 13.3. The molecular weight excluding hydrogens is 238 g/mol. The number of aryl methyl sites for hydroxylation is 2. The molecule has 0 aliphatic rings. The molecule has 4 heteroatoms. The maximum Gasteiger partial charge on any atom is 0.160 e. The van der Waals surface area contributed by atoms with Crippen LogP contribution in [0.5, 0.6) is 0 Å². The van der Waals surface area contributed by atoms with Crippen LogP contribution >= 0.6 is 0 Å². The fraction of sp³-hybridized carbons (Fsp3) is 0.733. The first-order valence-electron chi connectivity index (χ1n) is 6.97. The van der Waals surface area contributed by atoms with Crippen LogP contribution in [0.2, 0.25) is 0 Å². The van der Waals surface area contributed by atoms with Gasteiger partial charge in [0.15, 0.2) is 5.82 Å². The summed E-state index contributed by atoms with van der Waals surface area (Å²) in [6, 6.07) is 0.457. The molecule has 0 amide bonds. The standard InChI is InChI=1S/C15H27N3O/c1-8-15(6,19-7)14-17-11(4)13(12(5)18-14)9-16-10(2)3/h10,16H,8-9H2,1-7H3. The van der Waals surface area contributed by atoms with Crippen molar-refractivity contribution in [2.45, 2.75) is 66.2 Å². The summed E-state index contributed by atoms with van der Waals surface area (Å²) in [5, 5.41) is 3.42. The number of hydrogen-bond donors (Lipinski definition) is 1. The van der Waals surface area contributed by atoms with Gasteiger partial charge >= 0.3 is 0 Å². The van der Waals surface area contributed by atoms with Crippen molar-refractivity contribution in [1.82, 2.24) is 15.3 Å². The Morgan fingerprint density at radius 1 is 1.21 bits per heavy atom. The fourth-order valence-electron chi connectivity index (χ4n) is 1.93. The monoisotopic (exact) mass is 265 g/mol. The maximum atomic E-state index is 5.58. The molecule has 0 saturated carbocycles. The van der Waals surface area contributed by atoms with Crippen molar-refractivity contribution in [3.8, 4) is 0 Å². The molecule has 1 unspecified atom stereocenters. The van der Waals surface area contributed by atoms with Gasteiger partial charge in [-0.05, 0) is 27.2 Å². The third kappa shape index (κ3) is 3.74. The first-order valence-corrected chi connectivity index (χ1v) is 6.97. The van der Waals surface area contributed by atoms with E-state index in [-0.39, 0.29) is 0 Å². The predicted molar refractivity (Wildman–Crippen MR) is 78.1 cm³/mol. The summed E-state index contributed by atoms with van der Waals surface area (Å²) in [6.07, 6.45) is 0.853. The van der Waals surface area contributed by atoms with E-state index in [4.69, 9.17) is 4.74 Å². The lowest BCUT2D eigenvalue weighted by Gasteiger charge is -2.26. The number of ether oxygens (including phenoxy) is 1. The first-order chi connectivity index (χ1) is 8.84. The van der Waals surface area contributed by atoms with Gasteiger partial charge in [-0.25, -0.2) is 9.97 Å². The highest BCUT2D eigenvalue weighted by atomic mass is 16.5. The molecule has 0 aromatic carbocycles. The van der Waals surface area contributed by atoms with Crippen molar-refractivity contribution in [2.75, 3.05) is 7.11 Å². The molecule has 0 saturated heterocycles. The van der Waals surface area contributed by atoms with Gasteiger partial charge < -0.3 is 10.1 Å². The molecule has 0 radical (unpaired) electrons. The lowest BCUT2D eigenvalue weighted by molar-refractivity contribution is -0.00928. The van der Waals surface area contributed by atoms with E-state index < -0.39 is 5.60 Å². The van der Waals surface area contributed by atoms with Gasteiger partial charge in [-0.3, -0.25) is 0 Å². The first kappa shape index (κ1) is 16.1. The van der Waals surface area contributed by atoms with Crippen molar-refractivity contribution in [3.05, 3.63) is 22.8 Å². The summed E-state index contributed by atoms with van der Waals surface area (Å²) < 4.78 is 5.58. The Hall–Kier alpha value is -1.00. The summed E-state index contributed by atoms with van der Waals surface area (Å²) >= 11 is 0. The summed E-state index contributed by atoms with van der Waals surface area (Å²) in [5.74, 6) is 0.779. The SMILES string of the molecule is CCC(C)(OC)c1nc(C)c(CNC(C)C)c(C)n1. The van der Waals surface area contributed by atoms with E-state index in [1.807, 2.05) is 20.8 Å². The fourth-order valence-corrected chi connectivity index (χ4v) is 1.93. The minimum Gasteiger partial charge on any atom is -0.371 e. The van der Waals surface area contributed by atoms with E-state index in [1.165, 1.54) is 5.56 Å². The highest BCUT2D eigenvalue weighted by Crippen LogP contribution is 2.26. The van der Waals surface area contributed by atoms with Crippen LogP contribution in [-0.2, 0) is 16.9 Å². The molecule has 19 heavy (non-hydrogen) atoms. The zero-order valence-corrected chi connectivity index (χ0v) is 13.3. The van der Waals surface area contributed by atoms with Crippen LogP contribution in [0.3, 0.4) is 0 Å². The van der Waals surface area contributed by atoms with E-state index in [9.17, 15) is 0 Å². The third-order valence-electron chi connectivity index (χ3n) is 3.71. The third-order valence-corrected chi connectivity index (χ3v) is 3.71. The molecule has 0 spiro atoms. The van der Waals surface area contributed by atoms with E-state index in [0.717, 1.165) is 30.2 Å². The van der Waals surface area contributed by atoms with E-state index >= 15 is 0 Å². The second-order valence-electron chi connectivity index (χ2n) is 5.52. The van der Waals surface area contributed by atoms with E-state index in [0.29, 0.717) is 6.04 Å². The minimum absolute atomic E-state index is 0.403. The molecule has 0 aliphatic carbocycles. The summed E-state index contributed by atoms with van der Waals surface area (Å²) in [7, 11) is 1.71. The quantitative estimate of drug-likeness (QED) is 0.859. The molecular formula is C15H27N3O. The molecule has 0 fully saturated rings. The van der Waals surface area contributed by atoms with Crippen LogP contribution in [0.15, 0.2) is 0 Å². The molecule has 1 N–H and O–H groups in total. The summed E-state index contributed by atoms with van der Waals surface area (Å²) in [5.41, 5.74) is 2.85. The van der Waals surface area contributed by atoms with Crippen molar-refractivity contribution in [3.63, 3.8) is 0 Å². The lowest BCUT2D eigenvalue weighted by atomic mass is 10.0. The molecule has 1 rings (SSSR count). The molecule has 1 aromatic heterocycles.